The van der Waals surface area contributed by atoms with Crippen molar-refractivity contribution in [3.05, 3.63) is 95.9 Å². The average molecular weight is 384 g/mol. The smallest absolute Gasteiger partial charge is 0.226 e. The summed E-state index contributed by atoms with van der Waals surface area (Å²) >= 11 is 0. The fraction of sp³-hybridized carbons (Fsp3) is 0.160. The zero-order valence-corrected chi connectivity index (χ0v) is 16.7. The Hall–Kier alpha value is -3.53. The summed E-state index contributed by atoms with van der Waals surface area (Å²) in [7, 11) is 0. The lowest BCUT2D eigenvalue weighted by Crippen LogP contribution is -2.02. The fourth-order valence-corrected chi connectivity index (χ4v) is 3.07. The molecule has 4 nitrogen and oxygen atoms in total. The highest BCUT2D eigenvalue weighted by molar-refractivity contribution is 5.60. The number of anilines is 2. The van der Waals surface area contributed by atoms with Crippen LogP contribution in [-0.4, -0.2) is 11.6 Å². The topological polar surface area (TPSA) is 47.3 Å². The second kappa shape index (κ2) is 8.65. The molecule has 0 unspecified atom stereocenters. The molecule has 0 spiro atoms. The van der Waals surface area contributed by atoms with Crippen molar-refractivity contribution >= 4 is 11.4 Å². The van der Waals surface area contributed by atoms with Crippen LogP contribution < -0.4 is 10.1 Å². The summed E-state index contributed by atoms with van der Waals surface area (Å²) in [6.45, 7) is 4.57. The van der Waals surface area contributed by atoms with Crippen LogP contribution in [0.3, 0.4) is 0 Å². The number of nitrogens with one attached hydrogen (secondary N) is 1. The molecule has 0 radical (unpaired) electrons. The third-order valence-electron chi connectivity index (χ3n) is 4.72. The third kappa shape index (κ3) is 4.85. The van der Waals surface area contributed by atoms with Crippen molar-refractivity contribution in [1.82, 2.24) is 4.98 Å². The molecule has 146 valence electrons. The van der Waals surface area contributed by atoms with Gasteiger partial charge in [-0.2, -0.15) is 0 Å². The Labute approximate surface area is 171 Å². The summed E-state index contributed by atoms with van der Waals surface area (Å²) in [6, 6.07) is 26.3. The molecule has 1 heterocycles. The molecule has 4 rings (SSSR count). The molecular weight excluding hydrogens is 360 g/mol. The van der Waals surface area contributed by atoms with Gasteiger partial charge in [-0.05, 0) is 62.4 Å². The fourth-order valence-electron chi connectivity index (χ4n) is 3.07. The van der Waals surface area contributed by atoms with Crippen LogP contribution in [-0.2, 0) is 6.42 Å². The van der Waals surface area contributed by atoms with Gasteiger partial charge in [-0.15, -0.1) is 0 Å². The van der Waals surface area contributed by atoms with Crippen molar-refractivity contribution in [2.45, 2.75) is 20.3 Å². The van der Waals surface area contributed by atoms with E-state index in [-0.39, 0.29) is 0 Å². The number of oxazole rings is 1. The van der Waals surface area contributed by atoms with Gasteiger partial charge in [-0.1, -0.05) is 35.9 Å². The summed E-state index contributed by atoms with van der Waals surface area (Å²) in [5, 5.41) is 3.39. The van der Waals surface area contributed by atoms with Crippen LogP contribution in [0.4, 0.5) is 11.4 Å². The molecule has 1 aromatic heterocycles. The van der Waals surface area contributed by atoms with Crippen LogP contribution in [0.1, 0.15) is 17.0 Å². The quantitative estimate of drug-likeness (QED) is 0.405. The predicted octanol–water partition coefficient (Wildman–Crippen LogP) is 6.32. The van der Waals surface area contributed by atoms with Crippen LogP contribution in [0.25, 0.3) is 11.5 Å². The molecule has 0 aliphatic carbocycles. The van der Waals surface area contributed by atoms with Crippen LogP contribution in [0, 0.1) is 13.8 Å². The molecule has 0 saturated heterocycles. The molecule has 4 aromatic rings. The lowest BCUT2D eigenvalue weighted by atomic mass is 10.2. The molecule has 0 aliphatic heterocycles. The molecule has 0 bridgehead atoms. The molecule has 0 fully saturated rings. The number of benzene rings is 3. The Kier molecular flexibility index (Phi) is 5.61. The molecule has 0 atom stereocenters. The van der Waals surface area contributed by atoms with Crippen LogP contribution in [0.2, 0.25) is 0 Å². The van der Waals surface area contributed by atoms with Gasteiger partial charge in [0.25, 0.3) is 0 Å². The zero-order chi connectivity index (χ0) is 20.1. The highest BCUT2D eigenvalue weighted by Gasteiger charge is 2.11. The summed E-state index contributed by atoms with van der Waals surface area (Å²) < 4.78 is 11.7. The van der Waals surface area contributed by atoms with Crippen molar-refractivity contribution < 1.29 is 9.15 Å². The van der Waals surface area contributed by atoms with E-state index in [0.717, 1.165) is 34.1 Å². The first kappa shape index (κ1) is 18.8. The monoisotopic (exact) mass is 384 g/mol. The first-order chi connectivity index (χ1) is 14.2. The minimum Gasteiger partial charge on any atom is -0.493 e. The second-order valence-corrected chi connectivity index (χ2v) is 7.00. The SMILES string of the molecule is Cc1ccc(Nc2ccc(OCCc3nc(-c4ccccc4)oc3C)cc2)cc1. The first-order valence-corrected chi connectivity index (χ1v) is 9.76. The largest absolute Gasteiger partial charge is 0.493 e. The molecular formula is C25H24N2O2. The minimum atomic E-state index is 0.548. The van der Waals surface area contributed by atoms with Crippen molar-refractivity contribution in [2.75, 3.05) is 11.9 Å². The Morgan fingerprint density at radius 1 is 0.828 bits per heavy atom. The third-order valence-corrected chi connectivity index (χ3v) is 4.72. The summed E-state index contributed by atoms with van der Waals surface area (Å²) in [6.07, 6.45) is 0.700. The van der Waals surface area contributed by atoms with Crippen molar-refractivity contribution in [2.24, 2.45) is 0 Å². The molecule has 29 heavy (non-hydrogen) atoms. The minimum absolute atomic E-state index is 0.548. The van der Waals surface area contributed by atoms with Gasteiger partial charge in [0.1, 0.15) is 11.5 Å². The van der Waals surface area contributed by atoms with Crippen molar-refractivity contribution in [1.29, 1.82) is 0 Å². The highest BCUT2D eigenvalue weighted by atomic mass is 16.5. The second-order valence-electron chi connectivity index (χ2n) is 7.00. The van der Waals surface area contributed by atoms with Gasteiger partial charge in [0, 0.05) is 23.4 Å². The van der Waals surface area contributed by atoms with Crippen LogP contribution in [0.5, 0.6) is 5.75 Å². The van der Waals surface area contributed by atoms with Gasteiger partial charge in [0.2, 0.25) is 5.89 Å². The standard InChI is InChI=1S/C25H24N2O2/c1-18-8-10-21(11-9-18)26-22-12-14-23(15-13-22)28-17-16-24-19(2)29-25(27-24)20-6-4-3-5-7-20/h3-15,26H,16-17H2,1-2H3. The molecule has 0 saturated carbocycles. The van der Waals surface area contributed by atoms with Gasteiger partial charge in [0.05, 0.1) is 12.3 Å². The highest BCUT2D eigenvalue weighted by Crippen LogP contribution is 2.23. The van der Waals surface area contributed by atoms with Gasteiger partial charge in [-0.3, -0.25) is 0 Å². The van der Waals surface area contributed by atoms with Crippen molar-refractivity contribution in [3.8, 4) is 17.2 Å². The van der Waals surface area contributed by atoms with E-state index in [1.54, 1.807) is 0 Å². The van der Waals surface area contributed by atoms with E-state index >= 15 is 0 Å². The number of ether oxygens (including phenoxy) is 1. The lowest BCUT2D eigenvalue weighted by molar-refractivity contribution is 0.320. The van der Waals surface area contributed by atoms with E-state index in [1.165, 1.54) is 5.56 Å². The van der Waals surface area contributed by atoms with E-state index in [2.05, 4.69) is 41.5 Å². The Bertz CT molecular complexity index is 1050. The number of hydrogen-bond acceptors (Lipinski definition) is 4. The molecule has 4 heteroatoms. The van der Waals surface area contributed by atoms with Gasteiger partial charge < -0.3 is 14.5 Å². The summed E-state index contributed by atoms with van der Waals surface area (Å²) in [4.78, 5) is 4.62. The van der Waals surface area contributed by atoms with Crippen LogP contribution >= 0.6 is 0 Å². The number of nitrogens with zero attached hydrogens (tertiary/aromatic N) is 1. The maximum absolute atomic E-state index is 5.89. The van der Waals surface area contributed by atoms with E-state index in [4.69, 9.17) is 9.15 Å². The maximum Gasteiger partial charge on any atom is 0.226 e. The normalized spacial score (nSPS) is 10.7. The first-order valence-electron chi connectivity index (χ1n) is 9.76. The van der Waals surface area contributed by atoms with Gasteiger partial charge >= 0.3 is 0 Å². The maximum atomic E-state index is 5.89. The predicted molar refractivity (Wildman–Crippen MR) is 117 cm³/mol. The van der Waals surface area contributed by atoms with E-state index in [0.29, 0.717) is 18.9 Å². The number of hydrogen-bond donors (Lipinski definition) is 1. The van der Waals surface area contributed by atoms with E-state index in [1.807, 2.05) is 61.5 Å². The molecule has 0 amide bonds. The van der Waals surface area contributed by atoms with Crippen molar-refractivity contribution in [3.63, 3.8) is 0 Å². The Balaban J connectivity index is 1.32. The number of aryl methyl sites for hydroxylation is 2. The van der Waals surface area contributed by atoms with E-state index < -0.39 is 0 Å². The zero-order valence-electron chi connectivity index (χ0n) is 16.7. The molecule has 1 N–H and O–H groups in total. The summed E-state index contributed by atoms with van der Waals surface area (Å²) in [5.74, 6) is 2.33. The number of rotatable bonds is 7. The van der Waals surface area contributed by atoms with Gasteiger partial charge in [0.15, 0.2) is 0 Å². The number of aromatic nitrogens is 1. The van der Waals surface area contributed by atoms with Gasteiger partial charge in [-0.25, -0.2) is 4.98 Å². The Morgan fingerprint density at radius 2 is 1.48 bits per heavy atom. The molecule has 3 aromatic carbocycles. The Morgan fingerprint density at radius 3 is 2.17 bits per heavy atom. The van der Waals surface area contributed by atoms with E-state index in [9.17, 15) is 0 Å². The molecule has 0 aliphatic rings. The lowest BCUT2D eigenvalue weighted by Gasteiger charge is -2.09. The average Bonchev–Trinajstić information content (AvgIpc) is 3.12. The van der Waals surface area contributed by atoms with Crippen LogP contribution in [0.15, 0.2) is 83.3 Å². The summed E-state index contributed by atoms with van der Waals surface area (Å²) in [5.41, 5.74) is 5.26.